The summed E-state index contributed by atoms with van der Waals surface area (Å²) in [5, 5.41) is 87.7. The van der Waals surface area contributed by atoms with E-state index in [1.807, 2.05) is 0 Å². The first kappa shape index (κ1) is 31.2. The molecule has 1 amide bonds. The smallest absolute Gasteiger partial charge is 0.365 e. The number of aliphatic carboxylic acids is 1. The molecule has 1 spiro atoms. The lowest BCUT2D eigenvalue weighted by molar-refractivity contribution is -0.305. The number of phenols is 2. The minimum absolute atomic E-state index is 0.000192. The summed E-state index contributed by atoms with van der Waals surface area (Å²) in [6.07, 6.45) is -8.22. The maximum absolute atomic E-state index is 13.4. The molecule has 3 heterocycles. The predicted octanol–water partition coefficient (Wildman–Crippen LogP) is -0.499. The maximum Gasteiger partial charge on any atom is 0.365 e. The van der Waals surface area contributed by atoms with Crippen LogP contribution in [0.3, 0.4) is 0 Å². The molecule has 0 bridgehead atoms. The number of carboxylic acid groups (broad SMARTS) is 1. The van der Waals surface area contributed by atoms with E-state index < -0.39 is 78.0 Å². The Hall–Kier alpha value is -4.77. The monoisotopic (exact) mass is 639 g/mol. The molecule has 3 unspecified atom stereocenters. The Balaban J connectivity index is 1.66. The summed E-state index contributed by atoms with van der Waals surface area (Å²) < 4.78 is 17.6. The zero-order valence-electron chi connectivity index (χ0n) is 23.9. The number of aliphatic hydroxyl groups excluding tert-OH is 4. The largest absolute Gasteiger partial charge is 0.508 e. The number of amides is 1. The van der Waals surface area contributed by atoms with Crippen molar-refractivity contribution in [3.05, 3.63) is 82.4 Å². The van der Waals surface area contributed by atoms with Gasteiger partial charge in [0.25, 0.3) is 5.79 Å². The molecule has 6 rings (SSSR count). The fourth-order valence-corrected chi connectivity index (χ4v) is 6.64. The van der Waals surface area contributed by atoms with Gasteiger partial charge in [-0.2, -0.15) is 0 Å². The van der Waals surface area contributed by atoms with Crippen molar-refractivity contribution in [2.45, 2.75) is 54.7 Å². The van der Waals surface area contributed by atoms with Gasteiger partial charge in [0, 0.05) is 30.2 Å². The van der Waals surface area contributed by atoms with Crippen LogP contribution in [0.1, 0.15) is 45.5 Å². The van der Waals surface area contributed by atoms with E-state index in [0.717, 1.165) is 19.1 Å². The Morgan fingerprint density at radius 2 is 1.70 bits per heavy atom. The van der Waals surface area contributed by atoms with Gasteiger partial charge >= 0.3 is 11.9 Å². The summed E-state index contributed by atoms with van der Waals surface area (Å²) in [7, 11) is 0. The number of esters is 1. The van der Waals surface area contributed by atoms with E-state index in [9.17, 15) is 55.2 Å². The first-order chi connectivity index (χ1) is 21.7. The van der Waals surface area contributed by atoms with Crippen molar-refractivity contribution in [1.29, 1.82) is 0 Å². The predicted molar refractivity (Wildman–Crippen MR) is 151 cm³/mol. The van der Waals surface area contributed by atoms with Gasteiger partial charge in [-0.3, -0.25) is 4.79 Å². The van der Waals surface area contributed by atoms with Crippen molar-refractivity contribution in [2.75, 3.05) is 6.61 Å². The van der Waals surface area contributed by atoms with Crippen LogP contribution in [-0.4, -0.2) is 102 Å². The molecule has 1 saturated heterocycles. The third kappa shape index (κ3) is 4.47. The number of hydrogen-bond donors (Lipinski definition) is 9. The van der Waals surface area contributed by atoms with Gasteiger partial charge in [-0.15, -0.1) is 0 Å². The molecule has 0 aromatic heterocycles. The molecule has 242 valence electrons. The number of aromatic hydroxyl groups is 2. The molecule has 0 saturated carbocycles. The summed E-state index contributed by atoms with van der Waals surface area (Å²) in [5.41, 5.74) is -1.94. The fraction of sp³-hybridized carbons (Fsp3) is 0.323. The first-order valence-electron chi connectivity index (χ1n) is 14.0. The van der Waals surface area contributed by atoms with Crippen LogP contribution in [0.5, 0.6) is 23.0 Å². The normalized spacial score (nSPS) is 29.0. The number of fused-ring (bicyclic) bond motifs is 6. The van der Waals surface area contributed by atoms with Gasteiger partial charge in [0.2, 0.25) is 5.91 Å². The van der Waals surface area contributed by atoms with Crippen LogP contribution >= 0.6 is 0 Å². The number of phenolic OH excluding ortho intramolecular Hbond substituents is 2. The van der Waals surface area contributed by atoms with E-state index in [2.05, 4.69) is 5.32 Å². The molecular formula is C31H29NO14. The van der Waals surface area contributed by atoms with Gasteiger partial charge in [0.15, 0.2) is 5.60 Å². The Bertz CT molecular complexity index is 1760. The Morgan fingerprint density at radius 3 is 2.37 bits per heavy atom. The summed E-state index contributed by atoms with van der Waals surface area (Å²) in [6.45, 7) is 0.0183. The fourth-order valence-electron chi connectivity index (χ4n) is 6.64. The molecule has 3 aromatic carbocycles. The number of ether oxygens (including phenoxy) is 3. The van der Waals surface area contributed by atoms with Gasteiger partial charge in [-0.05, 0) is 29.8 Å². The van der Waals surface area contributed by atoms with Gasteiger partial charge in [-0.1, -0.05) is 18.2 Å². The summed E-state index contributed by atoms with van der Waals surface area (Å²) in [6, 6.07) is 10.6. The molecule has 1 fully saturated rings. The zero-order chi connectivity index (χ0) is 33.3. The third-order valence-corrected chi connectivity index (χ3v) is 8.54. The number of carbonyl (C=O) groups is 3. The second kappa shape index (κ2) is 10.9. The summed E-state index contributed by atoms with van der Waals surface area (Å²) in [5.74, 6) is -10.2. The third-order valence-electron chi connectivity index (χ3n) is 8.54. The maximum atomic E-state index is 13.4. The van der Waals surface area contributed by atoms with E-state index in [-0.39, 0.29) is 45.1 Å². The van der Waals surface area contributed by atoms with Crippen molar-refractivity contribution < 1.29 is 69.4 Å². The van der Waals surface area contributed by atoms with Gasteiger partial charge < -0.3 is 60.4 Å². The van der Waals surface area contributed by atoms with Crippen LogP contribution in [0.25, 0.3) is 0 Å². The summed E-state index contributed by atoms with van der Waals surface area (Å²) in [4.78, 5) is 38.4. The Labute approximate surface area is 259 Å². The highest BCUT2D eigenvalue weighted by molar-refractivity contribution is 5.97. The average Bonchev–Trinajstić information content (AvgIpc) is 3.29. The topological polar surface area (TPSA) is 253 Å². The van der Waals surface area contributed by atoms with Crippen LogP contribution in [-0.2, 0) is 24.7 Å². The molecule has 15 heteroatoms. The molecule has 15 nitrogen and oxygen atoms in total. The molecular weight excluding hydrogens is 610 g/mol. The highest BCUT2D eigenvalue weighted by Gasteiger charge is 2.64. The van der Waals surface area contributed by atoms with Gasteiger partial charge in [-0.25, -0.2) is 9.59 Å². The molecule has 46 heavy (non-hydrogen) atoms. The van der Waals surface area contributed by atoms with E-state index in [4.69, 9.17) is 14.2 Å². The number of nitrogens with one attached hydrogen (secondary N) is 1. The molecule has 0 aliphatic carbocycles. The lowest BCUT2D eigenvalue weighted by Gasteiger charge is -2.50. The number of carboxylic acids is 1. The average molecular weight is 640 g/mol. The minimum atomic E-state index is -3.45. The molecule has 9 N–H and O–H groups in total. The second-order valence-electron chi connectivity index (χ2n) is 11.3. The van der Waals surface area contributed by atoms with Crippen LogP contribution < -0.4 is 10.1 Å². The van der Waals surface area contributed by atoms with E-state index in [1.54, 1.807) is 18.2 Å². The molecule has 3 aliphatic rings. The van der Waals surface area contributed by atoms with Crippen molar-refractivity contribution >= 4 is 17.8 Å². The standard InChI is InChI=1S/C31H29NO14/c1-12(34)32-24-26(39)23(31(43,29(41)42)45-27(24)25(38)19(37)11-33)16-8-14(36)10-21-22(16)30(18-7-6-13(35)9-20(18)44-21)17-5-3-2-4-15(17)28(40)46-30/h2-10,19,23-27,33,35-39,43H,11H2,1H3,(H,32,34)(H,41,42)/t19-,23?,24-,25?,26+,27-,30?,31-/m1/s1. The van der Waals surface area contributed by atoms with Crippen molar-refractivity contribution in [1.82, 2.24) is 5.32 Å². The highest BCUT2D eigenvalue weighted by atomic mass is 16.7. The molecule has 3 aromatic rings. The number of carbonyl (C=O) groups excluding carboxylic acids is 2. The lowest BCUT2D eigenvalue weighted by Crippen LogP contribution is -2.70. The molecule has 0 radical (unpaired) electrons. The molecule has 8 atom stereocenters. The van der Waals surface area contributed by atoms with E-state index in [1.165, 1.54) is 24.3 Å². The number of aliphatic hydroxyl groups is 5. The first-order valence-corrected chi connectivity index (χ1v) is 14.0. The number of benzene rings is 3. The minimum Gasteiger partial charge on any atom is -0.508 e. The van der Waals surface area contributed by atoms with Crippen LogP contribution in [0.2, 0.25) is 0 Å². The lowest BCUT2D eigenvalue weighted by atomic mass is 9.69. The zero-order valence-corrected chi connectivity index (χ0v) is 23.9. The van der Waals surface area contributed by atoms with Gasteiger partial charge in [0.05, 0.1) is 35.8 Å². The SMILES string of the molecule is CC(=O)N[C@@H]1[C@@H](O)C(c2cc(O)cc3c2C2(OC(=O)c4ccccc42)c2ccc(O)cc2O3)[C@](O)(C(=O)O)O[C@H]1C(O)[C@H](O)CO. The quantitative estimate of drug-likeness (QED) is 0.154. The Kier molecular flexibility index (Phi) is 7.43. The highest BCUT2D eigenvalue weighted by Crippen LogP contribution is 2.60. The van der Waals surface area contributed by atoms with E-state index in [0.29, 0.717) is 0 Å². The number of hydrogen-bond acceptors (Lipinski definition) is 13. The number of rotatable bonds is 6. The van der Waals surface area contributed by atoms with Crippen LogP contribution in [0, 0.1) is 0 Å². The van der Waals surface area contributed by atoms with Crippen molar-refractivity contribution in [2.24, 2.45) is 0 Å². The molecule has 3 aliphatic heterocycles. The summed E-state index contributed by atoms with van der Waals surface area (Å²) >= 11 is 0. The van der Waals surface area contributed by atoms with E-state index >= 15 is 0 Å². The second-order valence-corrected chi connectivity index (χ2v) is 11.3. The van der Waals surface area contributed by atoms with Gasteiger partial charge in [0.1, 0.15) is 41.3 Å². The Morgan fingerprint density at radius 1 is 1.00 bits per heavy atom. The van der Waals surface area contributed by atoms with Crippen molar-refractivity contribution in [3.8, 4) is 23.0 Å². The van der Waals surface area contributed by atoms with Crippen LogP contribution in [0.15, 0.2) is 54.6 Å². The van der Waals surface area contributed by atoms with Crippen molar-refractivity contribution in [3.63, 3.8) is 0 Å². The van der Waals surface area contributed by atoms with Crippen LogP contribution in [0.4, 0.5) is 0 Å².